The zero-order valence-electron chi connectivity index (χ0n) is 21.1. The van der Waals surface area contributed by atoms with Crippen molar-refractivity contribution < 1.29 is 65.9 Å². The molecule has 5 atom stereocenters. The molecule has 0 spiro atoms. The quantitative estimate of drug-likeness (QED) is 0.0859. The van der Waals surface area contributed by atoms with E-state index in [-0.39, 0.29) is 43.1 Å². The van der Waals surface area contributed by atoms with Crippen molar-refractivity contribution in [2.45, 2.75) is 38.8 Å². The van der Waals surface area contributed by atoms with Gasteiger partial charge in [-0.1, -0.05) is 7.43 Å². The van der Waals surface area contributed by atoms with Crippen molar-refractivity contribution in [3.8, 4) is 5.75 Å². The summed E-state index contributed by atoms with van der Waals surface area (Å²) in [4.78, 5) is 59.6. The van der Waals surface area contributed by atoms with Crippen molar-refractivity contribution in [3.05, 3.63) is 46.5 Å². The molecular weight excluding hydrogens is 645 g/mol. The topological polar surface area (TPSA) is 297 Å². The summed E-state index contributed by atoms with van der Waals surface area (Å²) in [6.45, 7) is -0.850. The van der Waals surface area contributed by atoms with E-state index >= 15 is 0 Å². The van der Waals surface area contributed by atoms with Crippen LogP contribution in [0.4, 0.5) is 11.5 Å². The summed E-state index contributed by atoms with van der Waals surface area (Å²) in [5.74, 6) is 0.541. The number of aliphatic hydroxyl groups excluding tert-OH is 1. The van der Waals surface area contributed by atoms with Crippen LogP contribution in [0.2, 0.25) is 0 Å². The van der Waals surface area contributed by atoms with Crippen molar-refractivity contribution in [1.82, 2.24) is 19.5 Å². The fourth-order valence-electron chi connectivity index (χ4n) is 3.87. The van der Waals surface area contributed by atoms with Gasteiger partial charge in [-0.05, 0) is 12.1 Å². The van der Waals surface area contributed by atoms with Gasteiger partial charge in [0.2, 0.25) is 0 Å². The Hall–Kier alpha value is -2.90. The van der Waals surface area contributed by atoms with Crippen LogP contribution in [0, 0.1) is 10.1 Å². The molecule has 238 valence electrons. The third kappa shape index (κ3) is 8.82. The molecule has 0 bridgehead atoms. The highest BCUT2D eigenvalue weighted by Gasteiger charge is 2.43. The van der Waals surface area contributed by atoms with E-state index in [1.807, 2.05) is 0 Å². The fourth-order valence-corrected chi connectivity index (χ4v) is 6.90. The van der Waals surface area contributed by atoms with Gasteiger partial charge < -0.3 is 39.5 Å². The van der Waals surface area contributed by atoms with E-state index in [1.165, 1.54) is 36.5 Å². The number of methoxy groups -OCH3 is 1. The molecular formula is C19H27N6O15P3. The molecule has 3 unspecified atom stereocenters. The summed E-state index contributed by atoms with van der Waals surface area (Å²) in [7, 11) is -15.3. The molecule has 3 heterocycles. The van der Waals surface area contributed by atoms with Gasteiger partial charge >= 0.3 is 23.5 Å². The number of nitrogens with one attached hydrogen (secondary N) is 1. The predicted octanol–water partition coefficient (Wildman–Crippen LogP) is 1.98. The number of nitro groups is 1. The molecule has 0 aliphatic carbocycles. The standard InChI is InChI=1S/C18H23N6O15P3.CH4/c1-35-11-3-2-10(12(4-11)24(26)27)6-19-17-16-18(21-8-20-17)23(9-22-16)15-5-13(25)14(37-15)7-36-41(31,32)39-42(33,34)38-40(28,29)30;/h2-4,8-9,13-15,25H,5-7H2,1H3,(H,31,32)(H,33,34)(H,19,20,21)(H2,28,29,30);1H4/t13?,14-,15-;/m1./s1. The van der Waals surface area contributed by atoms with Crippen molar-refractivity contribution in [2.24, 2.45) is 0 Å². The number of fused-ring (bicyclic) bond motifs is 1. The van der Waals surface area contributed by atoms with Crippen molar-refractivity contribution >= 4 is 46.1 Å². The lowest BCUT2D eigenvalue weighted by atomic mass is 10.1. The summed E-state index contributed by atoms with van der Waals surface area (Å²) in [5.41, 5.74) is 0.659. The van der Waals surface area contributed by atoms with E-state index < -0.39 is 53.4 Å². The molecule has 1 aliphatic rings. The number of imidazole rings is 1. The first-order valence-corrected chi connectivity index (χ1v) is 15.9. The molecule has 6 N–H and O–H groups in total. The van der Waals surface area contributed by atoms with Gasteiger partial charge in [0.25, 0.3) is 5.69 Å². The molecule has 1 saturated heterocycles. The SMILES string of the molecule is C.COc1ccc(CNc2ncnc3c2ncn3[C@H]2CC(O)[C@@H](COP(=O)(O)OP(=O)(O)OP(=O)(O)O)O2)c([N+](=O)[O-])c1. The van der Waals surface area contributed by atoms with Crippen LogP contribution in [0.5, 0.6) is 5.75 Å². The number of hydrogen-bond acceptors (Lipinski definition) is 15. The van der Waals surface area contributed by atoms with E-state index in [0.29, 0.717) is 11.3 Å². The highest BCUT2D eigenvalue weighted by Crippen LogP contribution is 2.66. The first-order valence-electron chi connectivity index (χ1n) is 11.4. The molecule has 3 aromatic rings. The zero-order valence-corrected chi connectivity index (χ0v) is 23.8. The minimum absolute atomic E-state index is 0. The van der Waals surface area contributed by atoms with Crippen LogP contribution in [0.15, 0.2) is 30.9 Å². The largest absolute Gasteiger partial charge is 0.497 e. The molecule has 4 rings (SSSR count). The molecule has 2 aromatic heterocycles. The number of phosphoric acid groups is 3. The minimum atomic E-state index is -5.71. The van der Waals surface area contributed by atoms with Crippen LogP contribution >= 0.6 is 23.5 Å². The maximum atomic E-state index is 12.0. The van der Waals surface area contributed by atoms with E-state index in [1.54, 1.807) is 6.07 Å². The fraction of sp³-hybridized carbons (Fsp3) is 0.421. The normalized spacial score (nSPS) is 21.5. The first-order chi connectivity index (χ1) is 19.6. The molecule has 0 saturated carbocycles. The van der Waals surface area contributed by atoms with Crippen molar-refractivity contribution in [1.29, 1.82) is 0 Å². The van der Waals surface area contributed by atoms with Gasteiger partial charge in [-0.25, -0.2) is 28.6 Å². The summed E-state index contributed by atoms with van der Waals surface area (Å²) in [5, 5.41) is 24.8. The Bertz CT molecular complexity index is 1620. The van der Waals surface area contributed by atoms with Crippen LogP contribution in [-0.2, 0) is 38.1 Å². The molecule has 0 radical (unpaired) electrons. The Balaban J connectivity index is 0.00000506. The number of hydrogen-bond donors (Lipinski definition) is 6. The third-order valence-electron chi connectivity index (χ3n) is 5.63. The third-order valence-corrected chi connectivity index (χ3v) is 9.43. The molecule has 1 aliphatic heterocycles. The van der Waals surface area contributed by atoms with Gasteiger partial charge in [-0.3, -0.25) is 19.2 Å². The number of benzene rings is 1. The van der Waals surface area contributed by atoms with Gasteiger partial charge in [0, 0.05) is 18.5 Å². The van der Waals surface area contributed by atoms with Crippen molar-refractivity contribution in [2.75, 3.05) is 19.0 Å². The predicted molar refractivity (Wildman–Crippen MR) is 143 cm³/mol. The number of nitro benzene ring substituents is 1. The Morgan fingerprint density at radius 1 is 1.14 bits per heavy atom. The number of ether oxygens (including phenoxy) is 2. The maximum absolute atomic E-state index is 12.0. The maximum Gasteiger partial charge on any atom is 0.490 e. The smallest absolute Gasteiger partial charge is 0.490 e. The van der Waals surface area contributed by atoms with E-state index in [9.17, 15) is 38.7 Å². The molecule has 24 heteroatoms. The van der Waals surface area contributed by atoms with Gasteiger partial charge in [-0.15, -0.1) is 0 Å². The summed E-state index contributed by atoms with van der Waals surface area (Å²) in [6, 6.07) is 4.37. The van der Waals surface area contributed by atoms with Crippen LogP contribution in [0.3, 0.4) is 0 Å². The Kier molecular flexibility index (Phi) is 10.8. The number of nitrogens with zero attached hydrogens (tertiary/aromatic N) is 5. The number of aromatic nitrogens is 4. The van der Waals surface area contributed by atoms with Gasteiger partial charge in [-0.2, -0.15) is 8.62 Å². The second kappa shape index (κ2) is 13.4. The number of aliphatic hydroxyl groups is 1. The molecule has 1 fully saturated rings. The average molecular weight is 672 g/mol. The molecule has 1 aromatic carbocycles. The summed E-state index contributed by atoms with van der Waals surface area (Å²) < 4.78 is 58.2. The van der Waals surface area contributed by atoms with Crippen LogP contribution in [-0.4, -0.2) is 75.0 Å². The van der Waals surface area contributed by atoms with Crippen LogP contribution in [0.25, 0.3) is 11.2 Å². The van der Waals surface area contributed by atoms with E-state index in [4.69, 9.17) is 19.3 Å². The summed E-state index contributed by atoms with van der Waals surface area (Å²) in [6.07, 6.45) is -1.04. The Morgan fingerprint density at radius 3 is 2.51 bits per heavy atom. The van der Waals surface area contributed by atoms with E-state index in [2.05, 4.69) is 33.4 Å². The number of anilines is 1. The molecule has 43 heavy (non-hydrogen) atoms. The summed E-state index contributed by atoms with van der Waals surface area (Å²) >= 11 is 0. The van der Waals surface area contributed by atoms with Crippen LogP contribution in [0.1, 0.15) is 25.6 Å². The second-order valence-electron chi connectivity index (χ2n) is 8.47. The number of rotatable bonds is 13. The van der Waals surface area contributed by atoms with Crippen molar-refractivity contribution in [3.63, 3.8) is 0 Å². The Morgan fingerprint density at radius 2 is 1.86 bits per heavy atom. The van der Waals surface area contributed by atoms with Gasteiger partial charge in [0.05, 0.1) is 37.1 Å². The molecule has 21 nitrogen and oxygen atoms in total. The second-order valence-corrected chi connectivity index (χ2v) is 12.9. The average Bonchev–Trinajstić information content (AvgIpc) is 3.47. The minimum Gasteiger partial charge on any atom is -0.497 e. The van der Waals surface area contributed by atoms with E-state index in [0.717, 1.165) is 0 Å². The lowest BCUT2D eigenvalue weighted by Gasteiger charge is -2.19. The zero-order chi connectivity index (χ0) is 30.9. The first kappa shape index (κ1) is 34.6. The highest BCUT2D eigenvalue weighted by molar-refractivity contribution is 7.66. The van der Waals surface area contributed by atoms with Gasteiger partial charge in [0.15, 0.2) is 17.0 Å². The van der Waals surface area contributed by atoms with Crippen LogP contribution < -0.4 is 10.1 Å². The lowest BCUT2D eigenvalue weighted by molar-refractivity contribution is -0.385. The molecule has 0 amide bonds. The highest BCUT2D eigenvalue weighted by atomic mass is 31.3. The lowest BCUT2D eigenvalue weighted by Crippen LogP contribution is -2.26. The monoisotopic (exact) mass is 672 g/mol. The number of phosphoric ester groups is 1. The Labute approximate surface area is 242 Å². The van der Waals surface area contributed by atoms with Gasteiger partial charge in [0.1, 0.15) is 24.4 Å².